The van der Waals surface area contributed by atoms with Gasteiger partial charge < -0.3 is 4.74 Å². The first kappa shape index (κ1) is 12.2. The van der Waals surface area contributed by atoms with Gasteiger partial charge in [0.05, 0.1) is 0 Å². The number of halogens is 1. The van der Waals surface area contributed by atoms with Crippen molar-refractivity contribution in [3.63, 3.8) is 0 Å². The Balaban J connectivity index is 2.73. The van der Waals surface area contributed by atoms with Crippen molar-refractivity contribution < 1.29 is 4.74 Å². The molecule has 0 aromatic heterocycles. The Bertz CT molecular complexity index is 66.2. The van der Waals surface area contributed by atoms with Crippen molar-refractivity contribution in [3.05, 3.63) is 0 Å². The van der Waals surface area contributed by atoms with Gasteiger partial charge in [0.15, 0.2) is 0 Å². The van der Waals surface area contributed by atoms with Crippen LogP contribution in [0, 0.1) is 0 Å². The third-order valence-corrected chi connectivity index (χ3v) is 2.12. The van der Waals surface area contributed by atoms with Crippen LogP contribution in [0.15, 0.2) is 0 Å². The van der Waals surface area contributed by atoms with Crippen molar-refractivity contribution >= 4 is 11.6 Å². The third-order valence-electron chi connectivity index (χ3n) is 1.97. The molecule has 12 heavy (non-hydrogen) atoms. The van der Waals surface area contributed by atoms with Gasteiger partial charge >= 0.3 is 0 Å². The summed E-state index contributed by atoms with van der Waals surface area (Å²) in [6.07, 6.45) is 9.31. The van der Waals surface area contributed by atoms with E-state index in [1.54, 1.807) is 0 Å². The zero-order valence-electron chi connectivity index (χ0n) is 8.15. The van der Waals surface area contributed by atoms with E-state index in [-0.39, 0.29) is 0 Å². The van der Waals surface area contributed by atoms with E-state index in [1.807, 2.05) is 0 Å². The maximum absolute atomic E-state index is 5.36. The molecule has 0 heterocycles. The van der Waals surface area contributed by atoms with E-state index in [0.717, 1.165) is 6.61 Å². The lowest BCUT2D eigenvalue weighted by Crippen LogP contribution is -1.91. The molecule has 0 saturated carbocycles. The van der Waals surface area contributed by atoms with Crippen LogP contribution in [0.1, 0.15) is 51.9 Å². The van der Waals surface area contributed by atoms with Gasteiger partial charge in [-0.15, -0.1) is 0 Å². The van der Waals surface area contributed by atoms with E-state index in [0.29, 0.717) is 6.07 Å². The molecule has 0 unspecified atom stereocenters. The predicted octanol–water partition coefficient (Wildman–Crippen LogP) is 3.95. The smallest absolute Gasteiger partial charge is 0.120 e. The molecule has 0 N–H and O–H groups in total. The van der Waals surface area contributed by atoms with Crippen LogP contribution in [0.2, 0.25) is 0 Å². The predicted molar refractivity (Wildman–Crippen MR) is 54.7 cm³/mol. The summed E-state index contributed by atoms with van der Waals surface area (Å²) in [5.41, 5.74) is 0. The zero-order valence-corrected chi connectivity index (χ0v) is 8.91. The van der Waals surface area contributed by atoms with Gasteiger partial charge in [0, 0.05) is 6.61 Å². The highest BCUT2D eigenvalue weighted by molar-refractivity contribution is 6.17. The Morgan fingerprint density at radius 1 is 0.917 bits per heavy atom. The molecule has 0 bridgehead atoms. The van der Waals surface area contributed by atoms with Gasteiger partial charge in [-0.05, 0) is 6.42 Å². The summed E-state index contributed by atoms with van der Waals surface area (Å²) in [5, 5.41) is 0. The minimum Gasteiger partial charge on any atom is -0.366 e. The van der Waals surface area contributed by atoms with Gasteiger partial charge in [-0.2, -0.15) is 0 Å². The van der Waals surface area contributed by atoms with E-state index in [2.05, 4.69) is 6.92 Å². The number of rotatable bonds is 9. The first-order chi connectivity index (χ1) is 5.91. The lowest BCUT2D eigenvalue weighted by atomic mass is 10.1. The molecule has 0 spiro atoms. The molecule has 0 aromatic carbocycles. The monoisotopic (exact) mass is 192 g/mol. The quantitative estimate of drug-likeness (QED) is 0.397. The van der Waals surface area contributed by atoms with Gasteiger partial charge in [0.1, 0.15) is 6.07 Å². The molecule has 0 atom stereocenters. The fourth-order valence-corrected chi connectivity index (χ4v) is 1.32. The molecule has 0 aliphatic heterocycles. The SMILES string of the molecule is CCCCCCCCCOCCl. The average molecular weight is 193 g/mol. The van der Waals surface area contributed by atoms with Crippen LogP contribution in [0.25, 0.3) is 0 Å². The van der Waals surface area contributed by atoms with Gasteiger partial charge in [-0.1, -0.05) is 57.0 Å². The highest BCUT2D eigenvalue weighted by Crippen LogP contribution is 2.06. The normalized spacial score (nSPS) is 10.5. The summed E-state index contributed by atoms with van der Waals surface area (Å²) in [6.45, 7) is 3.07. The number of alkyl halides is 1. The second kappa shape index (κ2) is 11.2. The standard InChI is InChI=1S/C10H21ClO/c1-2-3-4-5-6-7-8-9-12-10-11/h2-10H2,1H3. The van der Waals surface area contributed by atoms with Gasteiger partial charge in [-0.3, -0.25) is 0 Å². The first-order valence-corrected chi connectivity index (χ1v) is 5.59. The maximum Gasteiger partial charge on any atom is 0.120 e. The zero-order chi connectivity index (χ0) is 9.07. The third kappa shape index (κ3) is 10.2. The molecule has 0 aliphatic carbocycles. The fourth-order valence-electron chi connectivity index (χ4n) is 1.22. The summed E-state index contributed by atoms with van der Waals surface area (Å²) < 4.78 is 5.03. The Labute approximate surface area is 81.4 Å². The van der Waals surface area contributed by atoms with Crippen molar-refractivity contribution in [2.75, 3.05) is 12.7 Å². The Kier molecular flexibility index (Phi) is 11.5. The van der Waals surface area contributed by atoms with Crippen molar-refractivity contribution in [1.29, 1.82) is 0 Å². The highest BCUT2D eigenvalue weighted by Gasteiger charge is 1.90. The summed E-state index contributed by atoms with van der Waals surface area (Å²) in [7, 11) is 0. The van der Waals surface area contributed by atoms with Crippen LogP contribution < -0.4 is 0 Å². The molecular formula is C10H21ClO. The Morgan fingerprint density at radius 3 is 2.08 bits per heavy atom. The summed E-state index contributed by atoms with van der Waals surface area (Å²) in [6, 6.07) is 0.343. The van der Waals surface area contributed by atoms with Gasteiger partial charge in [0.25, 0.3) is 0 Å². The van der Waals surface area contributed by atoms with Crippen molar-refractivity contribution in [1.82, 2.24) is 0 Å². The fraction of sp³-hybridized carbons (Fsp3) is 1.00. The van der Waals surface area contributed by atoms with Crippen LogP contribution >= 0.6 is 11.6 Å². The number of hydrogen-bond donors (Lipinski definition) is 0. The Morgan fingerprint density at radius 2 is 1.50 bits per heavy atom. The second-order valence-corrected chi connectivity index (χ2v) is 3.36. The molecule has 1 nitrogen and oxygen atoms in total. The largest absolute Gasteiger partial charge is 0.366 e. The van der Waals surface area contributed by atoms with E-state index < -0.39 is 0 Å². The Hall–Kier alpha value is 0.250. The number of hydrogen-bond acceptors (Lipinski definition) is 1. The van der Waals surface area contributed by atoms with E-state index >= 15 is 0 Å². The number of ether oxygens (including phenoxy) is 1. The summed E-state index contributed by atoms with van der Waals surface area (Å²) >= 11 is 5.36. The maximum atomic E-state index is 5.36. The highest BCUT2D eigenvalue weighted by atomic mass is 35.5. The molecule has 0 amide bonds. The minimum atomic E-state index is 0.343. The van der Waals surface area contributed by atoms with E-state index in [1.165, 1.54) is 44.9 Å². The molecule has 0 rings (SSSR count). The second-order valence-electron chi connectivity index (χ2n) is 3.14. The molecule has 0 saturated heterocycles. The van der Waals surface area contributed by atoms with Gasteiger partial charge in [0.2, 0.25) is 0 Å². The summed E-state index contributed by atoms with van der Waals surface area (Å²) in [4.78, 5) is 0. The molecule has 0 aromatic rings. The van der Waals surface area contributed by atoms with Gasteiger partial charge in [-0.25, -0.2) is 0 Å². The first-order valence-electron chi connectivity index (χ1n) is 5.05. The molecule has 2 heteroatoms. The van der Waals surface area contributed by atoms with Crippen LogP contribution in [0.3, 0.4) is 0 Å². The molecular weight excluding hydrogens is 172 g/mol. The van der Waals surface area contributed by atoms with Crippen molar-refractivity contribution in [2.45, 2.75) is 51.9 Å². The van der Waals surface area contributed by atoms with E-state index in [4.69, 9.17) is 16.3 Å². The average Bonchev–Trinajstić information content (AvgIpc) is 2.10. The molecule has 74 valence electrons. The minimum absolute atomic E-state index is 0.343. The van der Waals surface area contributed by atoms with Crippen LogP contribution in [0.5, 0.6) is 0 Å². The molecule has 0 aliphatic rings. The van der Waals surface area contributed by atoms with Crippen LogP contribution in [-0.2, 0) is 4.74 Å². The lowest BCUT2D eigenvalue weighted by molar-refractivity contribution is 0.173. The van der Waals surface area contributed by atoms with Crippen molar-refractivity contribution in [2.24, 2.45) is 0 Å². The molecule has 0 fully saturated rings. The lowest BCUT2D eigenvalue weighted by Gasteiger charge is -2.00. The van der Waals surface area contributed by atoms with E-state index in [9.17, 15) is 0 Å². The summed E-state index contributed by atoms with van der Waals surface area (Å²) in [5.74, 6) is 0. The van der Waals surface area contributed by atoms with Crippen molar-refractivity contribution in [3.8, 4) is 0 Å². The van der Waals surface area contributed by atoms with Crippen LogP contribution in [0.4, 0.5) is 0 Å². The topological polar surface area (TPSA) is 9.23 Å². The molecule has 0 radical (unpaired) electrons. The number of unbranched alkanes of at least 4 members (excludes halogenated alkanes) is 6. The van der Waals surface area contributed by atoms with Crippen LogP contribution in [-0.4, -0.2) is 12.7 Å².